The highest BCUT2D eigenvalue weighted by Crippen LogP contribution is 2.32. The zero-order valence-electron chi connectivity index (χ0n) is 12.1. The molecule has 2 fully saturated rings. The number of methoxy groups -OCH3 is 1. The average molecular weight is 292 g/mol. The SMILES string of the molecule is COc1cccc(C(=O)N2CCCC3(C2)OCCO3)c1N. The van der Waals surface area contributed by atoms with E-state index in [1.807, 2.05) is 0 Å². The lowest BCUT2D eigenvalue weighted by Crippen LogP contribution is -2.51. The highest BCUT2D eigenvalue weighted by Gasteiger charge is 2.42. The number of ether oxygens (including phenoxy) is 3. The molecule has 2 heterocycles. The Bertz CT molecular complexity index is 540. The Hall–Kier alpha value is -1.79. The van der Waals surface area contributed by atoms with Gasteiger partial charge in [0.15, 0.2) is 5.79 Å². The van der Waals surface area contributed by atoms with Gasteiger partial charge in [-0.25, -0.2) is 0 Å². The van der Waals surface area contributed by atoms with Gasteiger partial charge in [0, 0.05) is 13.0 Å². The first-order valence-corrected chi connectivity index (χ1v) is 7.15. The van der Waals surface area contributed by atoms with Crippen molar-refractivity contribution in [1.82, 2.24) is 4.90 Å². The molecule has 0 bridgehead atoms. The second-order valence-electron chi connectivity index (χ2n) is 5.36. The van der Waals surface area contributed by atoms with Crippen LogP contribution in [0.2, 0.25) is 0 Å². The molecule has 0 saturated carbocycles. The molecule has 0 aliphatic carbocycles. The van der Waals surface area contributed by atoms with E-state index in [-0.39, 0.29) is 5.91 Å². The molecule has 21 heavy (non-hydrogen) atoms. The van der Waals surface area contributed by atoms with E-state index in [2.05, 4.69) is 0 Å². The molecule has 1 aromatic carbocycles. The molecule has 1 aromatic rings. The number of anilines is 1. The molecular weight excluding hydrogens is 272 g/mol. The predicted molar refractivity (Wildman–Crippen MR) is 77.2 cm³/mol. The smallest absolute Gasteiger partial charge is 0.256 e. The van der Waals surface area contributed by atoms with E-state index in [1.54, 1.807) is 23.1 Å². The number of nitrogens with two attached hydrogens (primary N) is 1. The van der Waals surface area contributed by atoms with Crippen molar-refractivity contribution in [3.63, 3.8) is 0 Å². The molecule has 0 radical (unpaired) electrons. The molecule has 2 N–H and O–H groups in total. The highest BCUT2D eigenvalue weighted by atomic mass is 16.7. The number of nitrogens with zero attached hydrogens (tertiary/aromatic N) is 1. The number of likely N-dealkylation sites (tertiary alicyclic amines) is 1. The van der Waals surface area contributed by atoms with Gasteiger partial charge in [0.05, 0.1) is 38.1 Å². The minimum Gasteiger partial charge on any atom is -0.495 e. The minimum atomic E-state index is -0.623. The van der Waals surface area contributed by atoms with Gasteiger partial charge in [0.25, 0.3) is 5.91 Å². The van der Waals surface area contributed by atoms with Crippen molar-refractivity contribution in [2.45, 2.75) is 18.6 Å². The van der Waals surface area contributed by atoms with Crippen LogP contribution in [0.1, 0.15) is 23.2 Å². The largest absolute Gasteiger partial charge is 0.495 e. The molecule has 6 nitrogen and oxygen atoms in total. The minimum absolute atomic E-state index is 0.107. The van der Waals surface area contributed by atoms with Crippen LogP contribution in [0.5, 0.6) is 5.75 Å². The van der Waals surface area contributed by atoms with Crippen molar-refractivity contribution in [3.8, 4) is 5.75 Å². The molecule has 1 spiro atoms. The summed E-state index contributed by atoms with van der Waals surface area (Å²) in [5, 5.41) is 0. The van der Waals surface area contributed by atoms with Crippen LogP contribution >= 0.6 is 0 Å². The van der Waals surface area contributed by atoms with Gasteiger partial charge in [-0.2, -0.15) is 0 Å². The maximum atomic E-state index is 12.7. The Morgan fingerprint density at radius 1 is 1.38 bits per heavy atom. The van der Waals surface area contributed by atoms with Crippen LogP contribution < -0.4 is 10.5 Å². The molecule has 0 atom stereocenters. The zero-order valence-corrected chi connectivity index (χ0v) is 12.1. The van der Waals surface area contributed by atoms with Crippen LogP contribution in [-0.4, -0.2) is 50.0 Å². The first-order chi connectivity index (χ1) is 10.2. The lowest BCUT2D eigenvalue weighted by Gasteiger charge is -2.38. The Balaban J connectivity index is 1.82. The van der Waals surface area contributed by atoms with E-state index < -0.39 is 5.79 Å². The van der Waals surface area contributed by atoms with Gasteiger partial charge in [-0.1, -0.05) is 6.07 Å². The normalized spacial score (nSPS) is 20.7. The Labute approximate surface area is 123 Å². The van der Waals surface area contributed by atoms with Gasteiger partial charge in [0.1, 0.15) is 5.75 Å². The number of benzene rings is 1. The van der Waals surface area contributed by atoms with E-state index in [1.165, 1.54) is 7.11 Å². The number of carbonyl (C=O) groups is 1. The molecular formula is C15H20N2O4. The van der Waals surface area contributed by atoms with Crippen LogP contribution in [0.25, 0.3) is 0 Å². The fourth-order valence-electron chi connectivity index (χ4n) is 2.97. The summed E-state index contributed by atoms with van der Waals surface area (Å²) in [6, 6.07) is 5.23. The van der Waals surface area contributed by atoms with E-state index in [0.29, 0.717) is 43.3 Å². The fraction of sp³-hybridized carbons (Fsp3) is 0.533. The lowest BCUT2D eigenvalue weighted by molar-refractivity contribution is -0.183. The zero-order chi connectivity index (χ0) is 14.9. The van der Waals surface area contributed by atoms with Crippen molar-refractivity contribution in [2.75, 3.05) is 39.1 Å². The molecule has 6 heteroatoms. The van der Waals surface area contributed by atoms with E-state index in [0.717, 1.165) is 12.8 Å². The number of piperidine rings is 1. The lowest BCUT2D eigenvalue weighted by atomic mass is 10.0. The third kappa shape index (κ3) is 2.56. The van der Waals surface area contributed by atoms with Crippen molar-refractivity contribution < 1.29 is 19.0 Å². The maximum absolute atomic E-state index is 12.7. The summed E-state index contributed by atoms with van der Waals surface area (Å²) in [5.41, 5.74) is 6.85. The van der Waals surface area contributed by atoms with Crippen molar-refractivity contribution in [3.05, 3.63) is 23.8 Å². The molecule has 0 aromatic heterocycles. The second kappa shape index (κ2) is 5.54. The summed E-state index contributed by atoms with van der Waals surface area (Å²) in [7, 11) is 1.54. The number of hydrogen-bond donors (Lipinski definition) is 1. The van der Waals surface area contributed by atoms with Crippen LogP contribution in [0.4, 0.5) is 5.69 Å². The first kappa shape index (κ1) is 14.2. The second-order valence-corrected chi connectivity index (χ2v) is 5.36. The van der Waals surface area contributed by atoms with Crippen LogP contribution in [0, 0.1) is 0 Å². The molecule has 2 aliphatic rings. The molecule has 0 unspecified atom stereocenters. The standard InChI is InChI=1S/C15H20N2O4/c1-19-12-5-2-4-11(13(12)16)14(18)17-7-3-6-15(10-17)20-8-9-21-15/h2,4-5H,3,6-10,16H2,1H3. The van der Waals surface area contributed by atoms with Gasteiger partial charge >= 0.3 is 0 Å². The molecule has 1 amide bonds. The summed E-state index contributed by atoms with van der Waals surface area (Å²) in [6.07, 6.45) is 1.68. The summed E-state index contributed by atoms with van der Waals surface area (Å²) in [5.74, 6) is -0.216. The molecule has 3 rings (SSSR count). The predicted octanol–water partition coefficient (Wildman–Crippen LogP) is 1.26. The monoisotopic (exact) mass is 292 g/mol. The Kier molecular flexibility index (Phi) is 3.73. The number of nitrogen functional groups attached to an aromatic ring is 1. The van der Waals surface area contributed by atoms with Gasteiger partial charge in [-0.3, -0.25) is 4.79 Å². The van der Waals surface area contributed by atoms with E-state index in [9.17, 15) is 4.79 Å². The van der Waals surface area contributed by atoms with Crippen molar-refractivity contribution in [2.24, 2.45) is 0 Å². The number of amides is 1. The number of rotatable bonds is 2. The van der Waals surface area contributed by atoms with Gasteiger partial charge in [-0.15, -0.1) is 0 Å². The van der Waals surface area contributed by atoms with Crippen molar-refractivity contribution >= 4 is 11.6 Å². The Morgan fingerprint density at radius 3 is 2.86 bits per heavy atom. The van der Waals surface area contributed by atoms with Gasteiger partial charge in [0.2, 0.25) is 0 Å². The van der Waals surface area contributed by atoms with Crippen LogP contribution in [-0.2, 0) is 9.47 Å². The summed E-state index contributed by atoms with van der Waals surface area (Å²) in [6.45, 7) is 2.30. The topological polar surface area (TPSA) is 74.0 Å². The third-order valence-electron chi connectivity index (χ3n) is 4.03. The summed E-state index contributed by atoms with van der Waals surface area (Å²) >= 11 is 0. The van der Waals surface area contributed by atoms with E-state index >= 15 is 0 Å². The van der Waals surface area contributed by atoms with Crippen LogP contribution in [0.15, 0.2) is 18.2 Å². The number of carbonyl (C=O) groups excluding carboxylic acids is 1. The third-order valence-corrected chi connectivity index (χ3v) is 4.03. The van der Waals surface area contributed by atoms with Gasteiger partial charge < -0.3 is 24.8 Å². The average Bonchev–Trinajstić information content (AvgIpc) is 2.94. The molecule has 2 aliphatic heterocycles. The number of hydrogen-bond acceptors (Lipinski definition) is 5. The highest BCUT2D eigenvalue weighted by molar-refractivity contribution is 6.00. The number of para-hydroxylation sites is 1. The summed E-state index contributed by atoms with van der Waals surface area (Å²) in [4.78, 5) is 14.5. The van der Waals surface area contributed by atoms with E-state index in [4.69, 9.17) is 19.9 Å². The molecule has 114 valence electrons. The molecule has 2 saturated heterocycles. The Morgan fingerprint density at radius 2 is 2.14 bits per heavy atom. The maximum Gasteiger partial charge on any atom is 0.256 e. The summed E-state index contributed by atoms with van der Waals surface area (Å²) < 4.78 is 16.6. The van der Waals surface area contributed by atoms with Crippen LogP contribution in [0.3, 0.4) is 0 Å². The van der Waals surface area contributed by atoms with Crippen molar-refractivity contribution in [1.29, 1.82) is 0 Å². The fourth-order valence-corrected chi connectivity index (χ4v) is 2.97. The quantitative estimate of drug-likeness (QED) is 0.831. The first-order valence-electron chi connectivity index (χ1n) is 7.15. The van der Waals surface area contributed by atoms with Gasteiger partial charge in [-0.05, 0) is 18.6 Å².